The molecule has 2 heterocycles. The van der Waals surface area contributed by atoms with E-state index < -0.39 is 70.0 Å². The maximum absolute atomic E-state index is 15.2. The molecule has 0 radical (unpaired) electrons. The van der Waals surface area contributed by atoms with Crippen LogP contribution in [0.1, 0.15) is 87.6 Å². The second kappa shape index (κ2) is 26.8. The van der Waals surface area contributed by atoms with Gasteiger partial charge in [0.25, 0.3) is 11.8 Å². The number of ether oxygens (including phenoxy) is 4. The second-order valence-electron chi connectivity index (χ2n) is 20.3. The number of ketones is 1. The number of nitrogens with one attached hydrogen (secondary N) is 2. The lowest BCUT2D eigenvalue weighted by Gasteiger charge is -2.44. The van der Waals surface area contributed by atoms with E-state index in [1.807, 2.05) is 121 Å². The lowest BCUT2D eigenvalue weighted by atomic mass is 9.91. The molecule has 2 aliphatic rings. The molecule has 0 bridgehead atoms. The standard InChI is InChI=1S/C65H64N4O11S/c1-65(2)58(64(75)76)69-62(74)55(63(69)81-65)67-60(72)52(48-30-16-7-17-31-48)38-49(70)39-68(61(73)51-33-21-35-54(78-41-45-24-10-4-11-25-45)57(51)80-43-47-28-14-6-15-29-47)37-19-18-36-66-59(71)50-32-20-34-53(77-40-44-22-8-3-9-23-44)56(50)79-42-46-26-12-5-13-27-46/h3-17,20-35,52,55,58,63H,18-19,36-43H2,1-2H3,(H,66,71)(H,67,72)(H,75,76)/t52-,55-,58+,63-/m1/s1. The minimum absolute atomic E-state index is 0.0654. The SMILES string of the molecule is CC1(C)S[C@@H]2[C@H](NC(=O)[C@H](CC(=O)CN(CCCCNC(=O)c3cccc(OCc4ccccc4)c3OCc3ccccc3)C(=O)c3cccc(OCc4ccccc4)c3OCc3ccccc3)c3ccccc3)C(=O)N2[C@H]1C(=O)O. The summed E-state index contributed by atoms with van der Waals surface area (Å²) in [6.45, 7) is 4.11. The average Bonchev–Trinajstić information content (AvgIpc) is 4.04. The zero-order valence-corrected chi connectivity index (χ0v) is 45.9. The molecule has 7 aromatic carbocycles. The highest BCUT2D eigenvalue weighted by molar-refractivity contribution is 8.01. The van der Waals surface area contributed by atoms with Crippen molar-refractivity contribution in [2.75, 3.05) is 19.6 Å². The molecule has 0 aliphatic carbocycles. The number of hydrogen-bond acceptors (Lipinski definition) is 11. The van der Waals surface area contributed by atoms with Gasteiger partial charge in [-0.25, -0.2) is 4.79 Å². The van der Waals surface area contributed by atoms with E-state index in [0.717, 1.165) is 22.3 Å². The number of para-hydroxylation sites is 2. The van der Waals surface area contributed by atoms with Crippen molar-refractivity contribution in [1.82, 2.24) is 20.4 Å². The van der Waals surface area contributed by atoms with Crippen molar-refractivity contribution in [3.63, 3.8) is 0 Å². The van der Waals surface area contributed by atoms with Gasteiger partial charge in [0.05, 0.1) is 23.6 Å². The van der Waals surface area contributed by atoms with Gasteiger partial charge in [-0.15, -0.1) is 11.8 Å². The summed E-state index contributed by atoms with van der Waals surface area (Å²) in [5.74, 6) is -3.44. The summed E-state index contributed by atoms with van der Waals surface area (Å²) >= 11 is 1.30. The van der Waals surface area contributed by atoms with Gasteiger partial charge in [0.2, 0.25) is 11.8 Å². The number of unbranched alkanes of at least 4 members (excludes halogenated alkanes) is 1. The van der Waals surface area contributed by atoms with E-state index in [4.69, 9.17) is 18.9 Å². The monoisotopic (exact) mass is 1110 g/mol. The third-order valence-corrected chi connectivity index (χ3v) is 15.6. The van der Waals surface area contributed by atoms with E-state index in [-0.39, 0.29) is 62.8 Å². The van der Waals surface area contributed by atoms with Crippen LogP contribution in [-0.2, 0) is 45.6 Å². The summed E-state index contributed by atoms with van der Waals surface area (Å²) < 4.78 is 24.5. The number of hydrogen-bond donors (Lipinski definition) is 3. The van der Waals surface area contributed by atoms with Crippen molar-refractivity contribution in [3.8, 4) is 23.0 Å². The van der Waals surface area contributed by atoms with Gasteiger partial charge in [-0.3, -0.25) is 24.0 Å². The number of carboxylic acid groups (broad SMARTS) is 1. The third kappa shape index (κ3) is 14.3. The molecule has 9 rings (SSSR count). The largest absolute Gasteiger partial charge is 0.485 e. The highest BCUT2D eigenvalue weighted by atomic mass is 32.2. The number of β-lactam (4-membered cyclic amide) rings is 1. The van der Waals surface area contributed by atoms with Gasteiger partial charge in [-0.2, -0.15) is 0 Å². The van der Waals surface area contributed by atoms with E-state index in [1.54, 1.807) is 80.6 Å². The number of amides is 4. The van der Waals surface area contributed by atoms with Gasteiger partial charge in [-0.1, -0.05) is 164 Å². The Morgan fingerprint density at radius 2 is 1.07 bits per heavy atom. The maximum atomic E-state index is 15.2. The number of carbonyl (C=O) groups is 6. The van der Waals surface area contributed by atoms with Crippen molar-refractivity contribution >= 4 is 47.1 Å². The molecule has 2 saturated heterocycles. The minimum Gasteiger partial charge on any atom is -0.485 e. The summed E-state index contributed by atoms with van der Waals surface area (Å²) in [6, 6.07) is 55.2. The molecule has 3 N–H and O–H groups in total. The van der Waals surface area contributed by atoms with Crippen molar-refractivity contribution in [2.24, 2.45) is 0 Å². The highest BCUT2D eigenvalue weighted by Gasteiger charge is 2.64. The average molecular weight is 1110 g/mol. The Hall–Kier alpha value is -8.89. The van der Waals surface area contributed by atoms with Gasteiger partial charge >= 0.3 is 5.97 Å². The van der Waals surface area contributed by atoms with Crippen LogP contribution in [0, 0.1) is 0 Å². The zero-order valence-electron chi connectivity index (χ0n) is 45.1. The highest BCUT2D eigenvalue weighted by Crippen LogP contribution is 2.51. The van der Waals surface area contributed by atoms with Gasteiger partial charge in [0, 0.05) is 24.3 Å². The first-order valence-electron chi connectivity index (χ1n) is 26.9. The number of aliphatic carboxylic acids is 1. The van der Waals surface area contributed by atoms with E-state index in [0.29, 0.717) is 35.7 Å². The van der Waals surface area contributed by atoms with E-state index in [2.05, 4.69) is 10.6 Å². The van der Waals surface area contributed by atoms with E-state index in [9.17, 15) is 29.1 Å². The number of thioether (sulfide) groups is 1. The lowest BCUT2D eigenvalue weighted by Crippen LogP contribution is -2.70. The molecule has 16 heteroatoms. The predicted molar refractivity (Wildman–Crippen MR) is 308 cm³/mol. The molecule has 81 heavy (non-hydrogen) atoms. The molecule has 0 saturated carbocycles. The predicted octanol–water partition coefficient (Wildman–Crippen LogP) is 10.0. The van der Waals surface area contributed by atoms with Crippen LogP contribution in [0.5, 0.6) is 23.0 Å². The summed E-state index contributed by atoms with van der Waals surface area (Å²) in [5.41, 5.74) is 4.55. The molecular formula is C65H64N4O11S. The van der Waals surface area contributed by atoms with Crippen molar-refractivity contribution in [2.45, 2.75) is 87.7 Å². The first-order chi connectivity index (χ1) is 39.3. The fraction of sp³-hybridized carbons (Fsp3) is 0.262. The fourth-order valence-electron chi connectivity index (χ4n) is 9.93. The smallest absolute Gasteiger partial charge is 0.327 e. The molecule has 416 valence electrons. The molecule has 7 aromatic rings. The minimum atomic E-state index is -1.13. The topological polar surface area (TPSA) is 190 Å². The number of Topliss-reactive ketones (excluding diaryl/α,β-unsaturated/α-hetero) is 1. The molecule has 0 unspecified atom stereocenters. The molecule has 2 aliphatic heterocycles. The summed E-state index contributed by atoms with van der Waals surface area (Å²) in [7, 11) is 0. The number of nitrogens with zero attached hydrogens (tertiary/aromatic N) is 2. The fourth-order valence-corrected chi connectivity index (χ4v) is 11.6. The molecule has 15 nitrogen and oxygen atoms in total. The molecule has 4 atom stereocenters. The van der Waals surface area contributed by atoms with Crippen LogP contribution in [0.3, 0.4) is 0 Å². The first-order valence-corrected chi connectivity index (χ1v) is 27.8. The summed E-state index contributed by atoms with van der Waals surface area (Å²) in [5, 5.41) is 15.3. The van der Waals surface area contributed by atoms with Crippen molar-refractivity contribution in [1.29, 1.82) is 0 Å². The Morgan fingerprint density at radius 3 is 1.58 bits per heavy atom. The normalized spacial score (nSPS) is 16.2. The summed E-state index contributed by atoms with van der Waals surface area (Å²) in [6.07, 6.45) is 0.407. The number of benzene rings is 7. The quantitative estimate of drug-likeness (QED) is 0.0327. The molecule has 0 spiro atoms. The first kappa shape index (κ1) is 56.8. The lowest BCUT2D eigenvalue weighted by molar-refractivity contribution is -0.161. The Labute approximate surface area is 475 Å². The number of carbonyl (C=O) groups excluding carboxylic acids is 5. The molecular weight excluding hydrogens is 1040 g/mol. The summed E-state index contributed by atoms with van der Waals surface area (Å²) in [4.78, 5) is 86.8. The van der Waals surface area contributed by atoms with Crippen LogP contribution in [-0.4, -0.2) is 92.1 Å². The second-order valence-corrected chi connectivity index (χ2v) is 22.1. The Balaban J connectivity index is 0.942. The van der Waals surface area contributed by atoms with E-state index in [1.165, 1.54) is 21.6 Å². The van der Waals surface area contributed by atoms with Crippen molar-refractivity contribution < 1.29 is 52.8 Å². The maximum Gasteiger partial charge on any atom is 0.327 e. The molecule has 0 aromatic heterocycles. The van der Waals surface area contributed by atoms with Crippen LogP contribution in [0.2, 0.25) is 0 Å². The van der Waals surface area contributed by atoms with Gasteiger partial charge in [-0.05, 0) is 78.8 Å². The van der Waals surface area contributed by atoms with Crippen LogP contribution in [0.25, 0.3) is 0 Å². The zero-order chi connectivity index (χ0) is 56.7. The van der Waals surface area contributed by atoms with Crippen LogP contribution >= 0.6 is 11.8 Å². The molecule has 4 amide bonds. The third-order valence-electron chi connectivity index (χ3n) is 14.1. The van der Waals surface area contributed by atoms with Gasteiger partial charge in [0.1, 0.15) is 43.9 Å². The number of carboxylic acids is 1. The van der Waals surface area contributed by atoms with Crippen LogP contribution < -0.4 is 29.6 Å². The Kier molecular flexibility index (Phi) is 18.8. The van der Waals surface area contributed by atoms with Crippen LogP contribution in [0.15, 0.2) is 188 Å². The Morgan fingerprint density at radius 1 is 0.605 bits per heavy atom. The van der Waals surface area contributed by atoms with Gasteiger partial charge in [0.15, 0.2) is 28.8 Å². The van der Waals surface area contributed by atoms with Crippen LogP contribution in [0.4, 0.5) is 0 Å². The number of fused-ring (bicyclic) bond motifs is 1. The number of rotatable bonds is 27. The Bertz CT molecular complexity index is 3300. The van der Waals surface area contributed by atoms with E-state index >= 15 is 4.79 Å². The van der Waals surface area contributed by atoms with Gasteiger partial charge < -0.3 is 44.5 Å². The molecule has 2 fully saturated rings. The van der Waals surface area contributed by atoms with Crippen molar-refractivity contribution in [3.05, 3.63) is 227 Å².